The van der Waals surface area contributed by atoms with E-state index in [0.29, 0.717) is 19.6 Å². The Morgan fingerprint density at radius 2 is 2.05 bits per heavy atom. The van der Waals surface area contributed by atoms with Crippen molar-refractivity contribution < 1.29 is 9.53 Å². The summed E-state index contributed by atoms with van der Waals surface area (Å²) in [5, 5.41) is 2.97. The second kappa shape index (κ2) is 6.86. The smallest absolute Gasteiger partial charge is 0.226 e. The molecule has 1 saturated carbocycles. The third-order valence-electron chi connectivity index (χ3n) is 3.87. The maximum Gasteiger partial charge on any atom is 0.226 e. The van der Waals surface area contributed by atoms with E-state index in [1.807, 2.05) is 31.2 Å². The summed E-state index contributed by atoms with van der Waals surface area (Å²) >= 11 is 0. The van der Waals surface area contributed by atoms with E-state index in [9.17, 15) is 4.79 Å². The van der Waals surface area contributed by atoms with Gasteiger partial charge < -0.3 is 15.8 Å². The minimum absolute atomic E-state index is 0.00153. The fourth-order valence-electron chi connectivity index (χ4n) is 2.75. The molecule has 1 aliphatic carbocycles. The molecule has 1 aromatic carbocycles. The van der Waals surface area contributed by atoms with Crippen LogP contribution < -0.4 is 11.1 Å². The predicted octanol–water partition coefficient (Wildman–Crippen LogP) is 2.82. The highest BCUT2D eigenvalue weighted by Gasteiger charge is 2.31. The van der Waals surface area contributed by atoms with E-state index in [1.54, 1.807) is 0 Å². The SMILES string of the molecule is CCOCc1ccccc1NC(=O)CC1(N)CCCC1. The summed E-state index contributed by atoms with van der Waals surface area (Å²) in [5.74, 6) is -0.00153. The number of carbonyl (C=O) groups is 1. The van der Waals surface area contributed by atoms with Gasteiger partial charge in [0.25, 0.3) is 0 Å². The van der Waals surface area contributed by atoms with Crippen LogP contribution in [-0.2, 0) is 16.1 Å². The van der Waals surface area contributed by atoms with E-state index in [1.165, 1.54) is 0 Å². The predicted molar refractivity (Wildman–Crippen MR) is 80.4 cm³/mol. The van der Waals surface area contributed by atoms with Gasteiger partial charge in [-0.2, -0.15) is 0 Å². The highest BCUT2D eigenvalue weighted by atomic mass is 16.5. The van der Waals surface area contributed by atoms with Gasteiger partial charge in [0, 0.05) is 29.8 Å². The minimum Gasteiger partial charge on any atom is -0.377 e. The van der Waals surface area contributed by atoms with Crippen LogP contribution in [0, 0.1) is 0 Å². The molecular formula is C16H24N2O2. The van der Waals surface area contributed by atoms with Crippen molar-refractivity contribution in [2.45, 2.75) is 51.2 Å². The molecule has 2 rings (SSSR count). The molecule has 0 saturated heterocycles. The fraction of sp³-hybridized carbons (Fsp3) is 0.562. The molecule has 0 aliphatic heterocycles. The minimum atomic E-state index is -0.307. The average Bonchev–Trinajstić information content (AvgIpc) is 2.84. The second-order valence-electron chi connectivity index (χ2n) is 5.59. The van der Waals surface area contributed by atoms with Crippen molar-refractivity contribution >= 4 is 11.6 Å². The quantitative estimate of drug-likeness (QED) is 0.839. The number of para-hydroxylation sites is 1. The maximum absolute atomic E-state index is 12.2. The zero-order chi connectivity index (χ0) is 14.4. The van der Waals surface area contributed by atoms with Crippen LogP contribution >= 0.6 is 0 Å². The number of benzene rings is 1. The number of amides is 1. The summed E-state index contributed by atoms with van der Waals surface area (Å²) in [6.07, 6.45) is 4.55. The Balaban J connectivity index is 1.96. The van der Waals surface area contributed by atoms with Gasteiger partial charge in [0.1, 0.15) is 0 Å². The molecule has 110 valence electrons. The van der Waals surface area contributed by atoms with Crippen LogP contribution in [0.5, 0.6) is 0 Å². The average molecular weight is 276 g/mol. The molecule has 0 aromatic heterocycles. The Bertz CT molecular complexity index is 454. The van der Waals surface area contributed by atoms with Crippen molar-refractivity contribution in [3.05, 3.63) is 29.8 Å². The van der Waals surface area contributed by atoms with E-state index in [4.69, 9.17) is 10.5 Å². The van der Waals surface area contributed by atoms with Gasteiger partial charge in [0.15, 0.2) is 0 Å². The van der Waals surface area contributed by atoms with Crippen molar-refractivity contribution in [1.29, 1.82) is 0 Å². The van der Waals surface area contributed by atoms with Crippen LogP contribution in [0.2, 0.25) is 0 Å². The number of carbonyl (C=O) groups excluding carboxylic acids is 1. The number of hydrogen-bond acceptors (Lipinski definition) is 3. The highest BCUT2D eigenvalue weighted by Crippen LogP contribution is 2.30. The summed E-state index contributed by atoms with van der Waals surface area (Å²) in [7, 11) is 0. The topological polar surface area (TPSA) is 64.3 Å². The molecule has 0 heterocycles. The maximum atomic E-state index is 12.2. The van der Waals surface area contributed by atoms with E-state index in [2.05, 4.69) is 5.32 Å². The van der Waals surface area contributed by atoms with Crippen LogP contribution in [0.25, 0.3) is 0 Å². The van der Waals surface area contributed by atoms with E-state index < -0.39 is 0 Å². The fourth-order valence-corrected chi connectivity index (χ4v) is 2.75. The van der Waals surface area contributed by atoms with Gasteiger partial charge in [-0.15, -0.1) is 0 Å². The Hall–Kier alpha value is -1.39. The van der Waals surface area contributed by atoms with Gasteiger partial charge in [-0.1, -0.05) is 31.0 Å². The van der Waals surface area contributed by atoms with Gasteiger partial charge in [0.2, 0.25) is 5.91 Å². The van der Waals surface area contributed by atoms with Gasteiger partial charge in [0.05, 0.1) is 6.61 Å². The Morgan fingerprint density at radius 1 is 1.35 bits per heavy atom. The number of nitrogens with two attached hydrogens (primary N) is 1. The molecular weight excluding hydrogens is 252 g/mol. The summed E-state index contributed by atoms with van der Waals surface area (Å²) in [6.45, 7) is 3.13. The molecule has 0 atom stereocenters. The lowest BCUT2D eigenvalue weighted by atomic mass is 9.94. The molecule has 1 aromatic rings. The molecule has 0 unspecified atom stereocenters. The zero-order valence-corrected chi connectivity index (χ0v) is 12.2. The molecule has 20 heavy (non-hydrogen) atoms. The summed E-state index contributed by atoms with van der Waals surface area (Å²) < 4.78 is 5.42. The van der Waals surface area contributed by atoms with Crippen molar-refractivity contribution in [3.63, 3.8) is 0 Å². The standard InChI is InChI=1S/C16H24N2O2/c1-2-20-12-13-7-3-4-8-14(13)18-15(19)11-16(17)9-5-6-10-16/h3-4,7-8H,2,5-6,9-12,17H2,1H3,(H,18,19). The largest absolute Gasteiger partial charge is 0.377 e. The molecule has 4 nitrogen and oxygen atoms in total. The first-order valence-electron chi connectivity index (χ1n) is 7.37. The van der Waals surface area contributed by atoms with Crippen LogP contribution in [0.1, 0.15) is 44.6 Å². The van der Waals surface area contributed by atoms with Crippen LogP contribution in [-0.4, -0.2) is 18.1 Å². The molecule has 1 fully saturated rings. The highest BCUT2D eigenvalue weighted by molar-refractivity contribution is 5.92. The second-order valence-corrected chi connectivity index (χ2v) is 5.59. The van der Waals surface area contributed by atoms with Crippen molar-refractivity contribution in [3.8, 4) is 0 Å². The molecule has 3 N–H and O–H groups in total. The van der Waals surface area contributed by atoms with E-state index in [0.717, 1.165) is 36.9 Å². The third-order valence-corrected chi connectivity index (χ3v) is 3.87. The van der Waals surface area contributed by atoms with Gasteiger partial charge >= 0.3 is 0 Å². The normalized spacial score (nSPS) is 17.1. The first-order chi connectivity index (χ1) is 9.63. The van der Waals surface area contributed by atoms with Gasteiger partial charge in [-0.05, 0) is 25.8 Å². The molecule has 0 radical (unpaired) electrons. The van der Waals surface area contributed by atoms with Crippen LogP contribution in [0.4, 0.5) is 5.69 Å². The number of nitrogens with one attached hydrogen (secondary N) is 1. The molecule has 0 spiro atoms. The summed E-state index contributed by atoms with van der Waals surface area (Å²) in [5.41, 5.74) is 7.77. The van der Waals surface area contributed by atoms with Crippen molar-refractivity contribution in [1.82, 2.24) is 0 Å². The Morgan fingerprint density at radius 3 is 2.75 bits per heavy atom. The number of rotatable bonds is 6. The monoisotopic (exact) mass is 276 g/mol. The first-order valence-corrected chi connectivity index (χ1v) is 7.37. The third kappa shape index (κ3) is 4.05. The lowest BCUT2D eigenvalue weighted by Crippen LogP contribution is -2.40. The van der Waals surface area contributed by atoms with Gasteiger partial charge in [-0.25, -0.2) is 0 Å². The van der Waals surface area contributed by atoms with Crippen molar-refractivity contribution in [2.24, 2.45) is 5.73 Å². The molecule has 0 bridgehead atoms. The lowest BCUT2D eigenvalue weighted by Gasteiger charge is -2.23. The zero-order valence-electron chi connectivity index (χ0n) is 12.2. The summed E-state index contributed by atoms with van der Waals surface area (Å²) in [6, 6.07) is 7.74. The lowest BCUT2D eigenvalue weighted by molar-refractivity contribution is -0.117. The summed E-state index contributed by atoms with van der Waals surface area (Å²) in [4.78, 5) is 12.2. The number of anilines is 1. The Labute approximate surface area is 120 Å². The van der Waals surface area contributed by atoms with E-state index >= 15 is 0 Å². The molecule has 1 aliphatic rings. The van der Waals surface area contributed by atoms with Crippen LogP contribution in [0.15, 0.2) is 24.3 Å². The molecule has 1 amide bonds. The van der Waals surface area contributed by atoms with Gasteiger partial charge in [-0.3, -0.25) is 4.79 Å². The van der Waals surface area contributed by atoms with E-state index in [-0.39, 0.29) is 11.4 Å². The number of hydrogen-bond donors (Lipinski definition) is 2. The molecule has 4 heteroatoms. The first kappa shape index (κ1) is 15.0. The van der Waals surface area contributed by atoms with Crippen LogP contribution in [0.3, 0.4) is 0 Å². The van der Waals surface area contributed by atoms with Crippen molar-refractivity contribution in [2.75, 3.05) is 11.9 Å². The Kier molecular flexibility index (Phi) is 5.15. The number of ether oxygens (including phenoxy) is 1.